The van der Waals surface area contributed by atoms with Crippen LogP contribution in [0, 0.1) is 0 Å². The lowest BCUT2D eigenvalue weighted by atomic mass is 10.1. The Labute approximate surface area is 119 Å². The summed E-state index contributed by atoms with van der Waals surface area (Å²) < 4.78 is 11.8. The minimum atomic E-state index is 0.0302. The van der Waals surface area contributed by atoms with E-state index in [1.165, 1.54) is 0 Å². The number of allylic oxidation sites excluding steroid dienone is 1. The molecule has 1 N–H and O–H groups in total. The minimum Gasteiger partial charge on any atom is -0.496 e. The van der Waals surface area contributed by atoms with E-state index in [1.54, 1.807) is 0 Å². The number of nitrogens with one attached hydrogen (secondary N) is 1. The number of hydrogen-bond acceptors (Lipinski definition) is 3. The highest BCUT2D eigenvalue weighted by atomic mass is 16.5. The Morgan fingerprint density at radius 3 is 2.95 bits per heavy atom. The Morgan fingerprint density at radius 1 is 1.30 bits per heavy atom. The van der Waals surface area contributed by atoms with Crippen molar-refractivity contribution in [1.82, 2.24) is 5.32 Å². The number of fused-ring (bicyclic) bond motifs is 1. The molecule has 106 valence electrons. The Kier molecular flexibility index (Phi) is 4.07. The van der Waals surface area contributed by atoms with Gasteiger partial charge in [-0.05, 0) is 44.0 Å². The highest BCUT2D eigenvalue weighted by Gasteiger charge is 2.22. The average molecular weight is 271 g/mol. The molecule has 1 aromatic carbocycles. The summed E-state index contributed by atoms with van der Waals surface area (Å²) in [5.41, 5.74) is 0.933. The average Bonchev–Trinajstić information content (AvgIpc) is 2.92. The van der Waals surface area contributed by atoms with E-state index in [2.05, 4.69) is 30.4 Å². The Bertz CT molecular complexity index is 567. The van der Waals surface area contributed by atoms with Gasteiger partial charge in [-0.1, -0.05) is 25.1 Å². The van der Waals surface area contributed by atoms with E-state index in [9.17, 15) is 0 Å². The van der Waals surface area contributed by atoms with Crippen molar-refractivity contribution in [3.8, 4) is 0 Å². The molecule has 0 saturated carbocycles. The van der Waals surface area contributed by atoms with Gasteiger partial charge in [0.1, 0.15) is 23.1 Å². The first-order chi connectivity index (χ1) is 9.88. The first-order valence-corrected chi connectivity index (χ1v) is 7.43. The van der Waals surface area contributed by atoms with Crippen molar-refractivity contribution in [2.75, 3.05) is 13.2 Å². The zero-order valence-electron chi connectivity index (χ0n) is 11.9. The van der Waals surface area contributed by atoms with Crippen LogP contribution in [0.15, 0.2) is 46.6 Å². The lowest BCUT2D eigenvalue weighted by Crippen LogP contribution is -2.25. The highest BCUT2D eigenvalue weighted by Crippen LogP contribution is 2.30. The van der Waals surface area contributed by atoms with Gasteiger partial charge in [0.15, 0.2) is 0 Å². The molecule has 1 aliphatic rings. The minimum absolute atomic E-state index is 0.0302. The summed E-state index contributed by atoms with van der Waals surface area (Å²) in [5.74, 6) is 1.94. The van der Waals surface area contributed by atoms with Crippen molar-refractivity contribution in [3.05, 3.63) is 47.9 Å². The molecule has 0 amide bonds. The fraction of sp³-hybridized carbons (Fsp3) is 0.412. The molecule has 3 rings (SSSR count). The van der Waals surface area contributed by atoms with Crippen LogP contribution in [0.3, 0.4) is 0 Å². The molecule has 1 atom stereocenters. The van der Waals surface area contributed by atoms with Gasteiger partial charge in [-0.25, -0.2) is 0 Å². The van der Waals surface area contributed by atoms with Crippen molar-refractivity contribution in [3.63, 3.8) is 0 Å². The zero-order valence-corrected chi connectivity index (χ0v) is 11.9. The first kappa shape index (κ1) is 13.3. The molecule has 0 fully saturated rings. The smallest absolute Gasteiger partial charge is 0.134 e. The number of para-hydroxylation sites is 1. The van der Waals surface area contributed by atoms with Gasteiger partial charge in [-0.15, -0.1) is 0 Å². The van der Waals surface area contributed by atoms with E-state index in [4.69, 9.17) is 9.15 Å². The van der Waals surface area contributed by atoms with Crippen LogP contribution in [0.4, 0.5) is 0 Å². The van der Waals surface area contributed by atoms with Gasteiger partial charge < -0.3 is 14.5 Å². The monoisotopic (exact) mass is 271 g/mol. The van der Waals surface area contributed by atoms with Crippen molar-refractivity contribution in [2.45, 2.75) is 32.2 Å². The summed E-state index contributed by atoms with van der Waals surface area (Å²) in [4.78, 5) is 0. The predicted molar refractivity (Wildman–Crippen MR) is 80.5 cm³/mol. The van der Waals surface area contributed by atoms with Gasteiger partial charge in [0.25, 0.3) is 0 Å². The molecular formula is C17H21NO2. The molecule has 2 aromatic rings. The third kappa shape index (κ3) is 2.73. The van der Waals surface area contributed by atoms with Crippen LogP contribution in [0.5, 0.6) is 0 Å². The SMILES string of the molecule is CCCNC(C1=CCCCO1)c1cc2ccccc2o1. The Hall–Kier alpha value is -1.74. The van der Waals surface area contributed by atoms with Crippen LogP contribution in [0.25, 0.3) is 11.0 Å². The Morgan fingerprint density at radius 2 is 2.20 bits per heavy atom. The van der Waals surface area contributed by atoms with E-state index in [0.717, 1.165) is 54.9 Å². The van der Waals surface area contributed by atoms with Gasteiger partial charge in [0.05, 0.1) is 6.61 Å². The third-order valence-corrected chi connectivity index (χ3v) is 3.57. The third-order valence-electron chi connectivity index (χ3n) is 3.57. The molecule has 0 spiro atoms. The number of hydrogen-bond donors (Lipinski definition) is 1. The molecular weight excluding hydrogens is 250 g/mol. The van der Waals surface area contributed by atoms with Crippen LogP contribution in [-0.4, -0.2) is 13.2 Å². The molecule has 0 bridgehead atoms. The summed E-state index contributed by atoms with van der Waals surface area (Å²) in [7, 11) is 0. The van der Waals surface area contributed by atoms with Crippen molar-refractivity contribution in [1.29, 1.82) is 0 Å². The van der Waals surface area contributed by atoms with Gasteiger partial charge in [0, 0.05) is 5.39 Å². The summed E-state index contributed by atoms with van der Waals surface area (Å²) in [6, 6.07) is 10.3. The summed E-state index contributed by atoms with van der Waals surface area (Å²) in [6.45, 7) is 3.91. The fourth-order valence-corrected chi connectivity index (χ4v) is 2.55. The van der Waals surface area contributed by atoms with E-state index in [1.807, 2.05) is 18.2 Å². The van der Waals surface area contributed by atoms with Crippen LogP contribution in [0.1, 0.15) is 38.0 Å². The quantitative estimate of drug-likeness (QED) is 0.886. The molecule has 0 saturated heterocycles. The molecule has 3 heteroatoms. The number of ether oxygens (including phenoxy) is 1. The molecule has 0 radical (unpaired) electrons. The van der Waals surface area contributed by atoms with Crippen molar-refractivity contribution in [2.24, 2.45) is 0 Å². The van der Waals surface area contributed by atoms with Gasteiger partial charge in [-0.2, -0.15) is 0 Å². The van der Waals surface area contributed by atoms with E-state index in [-0.39, 0.29) is 6.04 Å². The summed E-state index contributed by atoms with van der Waals surface area (Å²) >= 11 is 0. The maximum absolute atomic E-state index is 6.00. The maximum Gasteiger partial charge on any atom is 0.134 e. The fourth-order valence-electron chi connectivity index (χ4n) is 2.55. The first-order valence-electron chi connectivity index (χ1n) is 7.43. The van der Waals surface area contributed by atoms with E-state index < -0.39 is 0 Å². The van der Waals surface area contributed by atoms with Crippen LogP contribution >= 0.6 is 0 Å². The normalized spacial score (nSPS) is 16.8. The second-order valence-corrected chi connectivity index (χ2v) is 5.17. The summed E-state index contributed by atoms with van der Waals surface area (Å²) in [5, 5.41) is 4.67. The second kappa shape index (κ2) is 6.14. The number of rotatable bonds is 5. The highest BCUT2D eigenvalue weighted by molar-refractivity contribution is 5.77. The number of furan rings is 1. The summed E-state index contributed by atoms with van der Waals surface area (Å²) in [6.07, 6.45) is 5.46. The number of benzene rings is 1. The molecule has 20 heavy (non-hydrogen) atoms. The topological polar surface area (TPSA) is 34.4 Å². The molecule has 3 nitrogen and oxygen atoms in total. The maximum atomic E-state index is 6.00. The largest absolute Gasteiger partial charge is 0.496 e. The van der Waals surface area contributed by atoms with Crippen LogP contribution in [-0.2, 0) is 4.74 Å². The van der Waals surface area contributed by atoms with Crippen LogP contribution < -0.4 is 5.32 Å². The predicted octanol–water partition coefficient (Wildman–Crippen LogP) is 4.17. The molecule has 1 aliphatic heterocycles. The zero-order chi connectivity index (χ0) is 13.8. The van der Waals surface area contributed by atoms with Crippen molar-refractivity contribution >= 4 is 11.0 Å². The van der Waals surface area contributed by atoms with Gasteiger partial charge in [-0.3, -0.25) is 0 Å². The van der Waals surface area contributed by atoms with Gasteiger partial charge in [0.2, 0.25) is 0 Å². The lowest BCUT2D eigenvalue weighted by Gasteiger charge is -2.23. The lowest BCUT2D eigenvalue weighted by molar-refractivity contribution is 0.162. The van der Waals surface area contributed by atoms with E-state index >= 15 is 0 Å². The van der Waals surface area contributed by atoms with Crippen LogP contribution in [0.2, 0.25) is 0 Å². The molecule has 1 unspecified atom stereocenters. The van der Waals surface area contributed by atoms with Crippen molar-refractivity contribution < 1.29 is 9.15 Å². The van der Waals surface area contributed by atoms with Gasteiger partial charge >= 0.3 is 0 Å². The van der Waals surface area contributed by atoms with E-state index in [0.29, 0.717) is 0 Å². The molecule has 0 aliphatic carbocycles. The molecule has 2 heterocycles. The second-order valence-electron chi connectivity index (χ2n) is 5.17. The Balaban J connectivity index is 1.92. The molecule has 1 aromatic heterocycles. The standard InChI is InChI=1S/C17H21NO2/c1-2-10-18-17(15-9-5-6-11-19-15)16-12-13-7-3-4-8-14(13)20-16/h3-4,7-9,12,17-18H,2,5-6,10-11H2,1H3.